The summed E-state index contributed by atoms with van der Waals surface area (Å²) in [6.07, 6.45) is 0. The zero-order valence-electron chi connectivity index (χ0n) is 6.95. The van der Waals surface area contributed by atoms with Crippen molar-refractivity contribution in [3.05, 3.63) is 28.3 Å². The van der Waals surface area contributed by atoms with E-state index in [0.29, 0.717) is 11.1 Å². The average molecular weight is 195 g/mol. The van der Waals surface area contributed by atoms with Gasteiger partial charge < -0.3 is 10.0 Å². The molecule has 0 unspecified atom stereocenters. The average Bonchev–Trinajstić information content (AvgIpc) is 2.07. The lowest BCUT2D eigenvalue weighted by Gasteiger charge is -2.05. The van der Waals surface area contributed by atoms with Crippen molar-refractivity contribution >= 4 is 24.2 Å². The van der Waals surface area contributed by atoms with Gasteiger partial charge in [0.25, 0.3) is 0 Å². The van der Waals surface area contributed by atoms with E-state index in [1.165, 1.54) is 12.1 Å². The summed E-state index contributed by atoms with van der Waals surface area (Å²) in [4.78, 5) is 0. The maximum Gasteiger partial charge on any atom is 0.489 e. The standard InChI is InChI=1S/C8H7BClNO2/c1-5-2-7(9(12)13)8(10)3-6(5)4-11/h2-3,12-13H,1H3. The largest absolute Gasteiger partial charge is 0.489 e. The van der Waals surface area contributed by atoms with Crippen molar-refractivity contribution in [1.29, 1.82) is 5.26 Å². The van der Waals surface area contributed by atoms with Gasteiger partial charge in [0, 0.05) is 10.5 Å². The van der Waals surface area contributed by atoms with Gasteiger partial charge in [-0.25, -0.2) is 0 Å². The van der Waals surface area contributed by atoms with Crippen LogP contribution in [0.5, 0.6) is 0 Å². The Labute approximate surface area is 81.3 Å². The summed E-state index contributed by atoms with van der Waals surface area (Å²) in [5.41, 5.74) is 1.34. The minimum atomic E-state index is -1.60. The molecule has 0 aliphatic carbocycles. The molecule has 0 aliphatic heterocycles. The Morgan fingerprint density at radius 1 is 1.46 bits per heavy atom. The van der Waals surface area contributed by atoms with Crippen LogP contribution in [-0.2, 0) is 0 Å². The second-order valence-electron chi connectivity index (χ2n) is 2.67. The van der Waals surface area contributed by atoms with Crippen LogP contribution in [0.4, 0.5) is 0 Å². The lowest BCUT2D eigenvalue weighted by Crippen LogP contribution is -2.31. The summed E-state index contributed by atoms with van der Waals surface area (Å²) in [5, 5.41) is 26.6. The molecule has 0 aromatic heterocycles. The minimum absolute atomic E-state index is 0.192. The molecule has 3 nitrogen and oxygen atoms in total. The molecule has 0 heterocycles. The highest BCUT2D eigenvalue weighted by atomic mass is 35.5. The van der Waals surface area contributed by atoms with Gasteiger partial charge in [-0.05, 0) is 18.6 Å². The Kier molecular flexibility index (Phi) is 2.94. The van der Waals surface area contributed by atoms with E-state index < -0.39 is 7.12 Å². The first-order chi connectivity index (χ1) is 6.06. The fourth-order valence-electron chi connectivity index (χ4n) is 1.02. The first kappa shape index (κ1) is 10.1. The van der Waals surface area contributed by atoms with E-state index >= 15 is 0 Å². The van der Waals surface area contributed by atoms with Gasteiger partial charge in [0.05, 0.1) is 11.6 Å². The first-order valence-electron chi connectivity index (χ1n) is 3.62. The van der Waals surface area contributed by atoms with Crippen molar-refractivity contribution in [1.82, 2.24) is 0 Å². The van der Waals surface area contributed by atoms with Gasteiger partial charge in [-0.3, -0.25) is 0 Å². The maximum atomic E-state index is 8.88. The molecule has 2 N–H and O–H groups in total. The highest BCUT2D eigenvalue weighted by Crippen LogP contribution is 2.12. The van der Waals surface area contributed by atoms with Crippen molar-refractivity contribution in [2.75, 3.05) is 0 Å². The highest BCUT2D eigenvalue weighted by molar-refractivity contribution is 6.62. The van der Waals surface area contributed by atoms with Crippen molar-refractivity contribution in [3.63, 3.8) is 0 Å². The quantitative estimate of drug-likeness (QED) is 0.629. The Morgan fingerprint density at radius 3 is 2.54 bits per heavy atom. The van der Waals surface area contributed by atoms with Crippen LogP contribution in [0.1, 0.15) is 11.1 Å². The summed E-state index contributed by atoms with van der Waals surface area (Å²) in [7, 11) is -1.60. The van der Waals surface area contributed by atoms with Crippen LogP contribution in [0.15, 0.2) is 12.1 Å². The summed E-state index contributed by atoms with van der Waals surface area (Å²) in [6, 6.07) is 4.87. The summed E-state index contributed by atoms with van der Waals surface area (Å²) in [5.74, 6) is 0. The SMILES string of the molecule is Cc1cc(B(O)O)c(Cl)cc1C#N. The minimum Gasteiger partial charge on any atom is -0.423 e. The van der Waals surface area contributed by atoms with Gasteiger partial charge in [-0.2, -0.15) is 5.26 Å². The number of hydrogen-bond donors (Lipinski definition) is 2. The van der Waals surface area contributed by atoms with Gasteiger partial charge in [-0.15, -0.1) is 0 Å². The lowest BCUT2D eigenvalue weighted by molar-refractivity contribution is 0.426. The molecule has 0 radical (unpaired) electrons. The fourth-order valence-corrected chi connectivity index (χ4v) is 1.28. The molecule has 0 spiro atoms. The molecule has 0 amide bonds. The van der Waals surface area contributed by atoms with E-state index in [4.69, 9.17) is 26.9 Å². The van der Waals surface area contributed by atoms with Crippen LogP contribution in [-0.4, -0.2) is 17.2 Å². The normalized spacial score (nSPS) is 9.46. The molecule has 1 aromatic rings. The smallest absolute Gasteiger partial charge is 0.423 e. The Balaban J connectivity index is 3.31. The van der Waals surface area contributed by atoms with Crippen molar-refractivity contribution in [2.45, 2.75) is 6.92 Å². The van der Waals surface area contributed by atoms with E-state index in [-0.39, 0.29) is 10.5 Å². The number of halogens is 1. The van der Waals surface area contributed by atoms with Gasteiger partial charge >= 0.3 is 7.12 Å². The topological polar surface area (TPSA) is 64.2 Å². The van der Waals surface area contributed by atoms with Crippen molar-refractivity contribution < 1.29 is 10.0 Å². The third kappa shape index (κ3) is 2.01. The van der Waals surface area contributed by atoms with E-state index in [1.54, 1.807) is 6.92 Å². The molecule has 0 fully saturated rings. The molecule has 1 rings (SSSR count). The van der Waals surface area contributed by atoms with E-state index in [0.717, 1.165) is 0 Å². The van der Waals surface area contributed by atoms with Crippen LogP contribution >= 0.6 is 11.6 Å². The lowest BCUT2D eigenvalue weighted by atomic mass is 9.79. The summed E-state index contributed by atoms with van der Waals surface area (Å²) >= 11 is 5.70. The summed E-state index contributed by atoms with van der Waals surface area (Å²) < 4.78 is 0. The number of rotatable bonds is 1. The predicted molar refractivity (Wildman–Crippen MR) is 50.7 cm³/mol. The number of benzene rings is 1. The Hall–Kier alpha value is -1.02. The zero-order valence-corrected chi connectivity index (χ0v) is 7.71. The van der Waals surface area contributed by atoms with Gasteiger partial charge in [-0.1, -0.05) is 17.7 Å². The van der Waals surface area contributed by atoms with Crippen LogP contribution in [0.2, 0.25) is 5.02 Å². The van der Waals surface area contributed by atoms with Crippen molar-refractivity contribution in [2.24, 2.45) is 0 Å². The van der Waals surface area contributed by atoms with Gasteiger partial charge in [0.15, 0.2) is 0 Å². The molecule has 13 heavy (non-hydrogen) atoms. The van der Waals surface area contributed by atoms with Crippen LogP contribution in [0, 0.1) is 18.3 Å². The number of nitrogens with zero attached hydrogens (tertiary/aromatic N) is 1. The third-order valence-electron chi connectivity index (χ3n) is 1.74. The molecule has 0 atom stereocenters. The maximum absolute atomic E-state index is 8.88. The predicted octanol–water partition coefficient (Wildman–Crippen LogP) is 0.200. The highest BCUT2D eigenvalue weighted by Gasteiger charge is 2.16. The molecule has 0 aliphatic rings. The molecule has 0 saturated heterocycles. The Bertz CT molecular complexity index is 373. The molecule has 0 bridgehead atoms. The van der Waals surface area contributed by atoms with Crippen LogP contribution in [0.25, 0.3) is 0 Å². The van der Waals surface area contributed by atoms with Crippen LogP contribution in [0.3, 0.4) is 0 Å². The van der Waals surface area contributed by atoms with E-state index in [9.17, 15) is 0 Å². The van der Waals surface area contributed by atoms with E-state index in [1.807, 2.05) is 6.07 Å². The Morgan fingerprint density at radius 2 is 2.08 bits per heavy atom. The molecular weight excluding hydrogens is 188 g/mol. The van der Waals surface area contributed by atoms with Gasteiger partial charge in [0.1, 0.15) is 0 Å². The van der Waals surface area contributed by atoms with Crippen LogP contribution < -0.4 is 5.46 Å². The molecule has 1 aromatic carbocycles. The molecule has 5 heteroatoms. The van der Waals surface area contributed by atoms with E-state index in [2.05, 4.69) is 0 Å². The zero-order chi connectivity index (χ0) is 10.0. The first-order valence-corrected chi connectivity index (χ1v) is 4.00. The van der Waals surface area contributed by atoms with Gasteiger partial charge in [0.2, 0.25) is 0 Å². The fraction of sp³-hybridized carbons (Fsp3) is 0.125. The number of aryl methyl sites for hydroxylation is 1. The second kappa shape index (κ2) is 3.80. The number of nitriles is 1. The second-order valence-corrected chi connectivity index (χ2v) is 3.08. The molecular formula is C8H7BClNO2. The van der Waals surface area contributed by atoms with Crippen molar-refractivity contribution in [3.8, 4) is 6.07 Å². The number of hydrogen-bond acceptors (Lipinski definition) is 3. The molecule has 66 valence electrons. The summed E-state index contributed by atoms with van der Waals surface area (Å²) in [6.45, 7) is 1.71. The molecule has 0 saturated carbocycles. The third-order valence-corrected chi connectivity index (χ3v) is 2.07. The monoisotopic (exact) mass is 195 g/mol.